The highest BCUT2D eigenvalue weighted by atomic mass is 16.3. The molecule has 3 aromatic rings. The van der Waals surface area contributed by atoms with E-state index < -0.39 is 0 Å². The number of H-pyrrole nitrogens is 1. The average molecular weight is 253 g/mol. The van der Waals surface area contributed by atoms with Gasteiger partial charge in [-0.05, 0) is 24.6 Å². The Labute approximate surface area is 111 Å². The molecule has 1 N–H and O–H groups in total. The Morgan fingerprint density at radius 1 is 1.26 bits per heavy atom. The molecule has 0 unspecified atom stereocenters. The number of nitrogens with one attached hydrogen (secondary N) is 1. The van der Waals surface area contributed by atoms with Crippen molar-refractivity contribution < 1.29 is 9.21 Å². The minimum absolute atomic E-state index is 0.0145. The van der Waals surface area contributed by atoms with Gasteiger partial charge in [0, 0.05) is 29.1 Å². The van der Waals surface area contributed by atoms with Crippen LogP contribution in [0.1, 0.15) is 34.2 Å². The molecule has 0 aliphatic carbocycles. The molecule has 0 fully saturated rings. The molecule has 19 heavy (non-hydrogen) atoms. The van der Waals surface area contributed by atoms with Crippen molar-refractivity contribution in [3.05, 3.63) is 59.2 Å². The number of aryl methyl sites for hydroxylation is 2. The third-order valence-corrected chi connectivity index (χ3v) is 3.39. The number of rotatable bonds is 3. The van der Waals surface area contributed by atoms with Crippen molar-refractivity contribution in [3.8, 4) is 0 Å². The number of benzene rings is 1. The number of carbonyl (C=O) groups excluding carboxylic acids is 1. The normalized spacial score (nSPS) is 11.1. The molecule has 0 amide bonds. The molecule has 2 heterocycles. The van der Waals surface area contributed by atoms with Crippen molar-refractivity contribution in [1.29, 1.82) is 0 Å². The van der Waals surface area contributed by atoms with Crippen molar-refractivity contribution in [2.24, 2.45) is 0 Å². The number of hydrogen-bond acceptors (Lipinski definition) is 2. The fourth-order valence-corrected chi connectivity index (χ4v) is 2.39. The zero-order valence-electron chi connectivity index (χ0n) is 11.0. The van der Waals surface area contributed by atoms with Crippen LogP contribution in [0.4, 0.5) is 0 Å². The largest absolute Gasteiger partial charge is 0.469 e. The predicted molar refractivity (Wildman–Crippen MR) is 74.6 cm³/mol. The topological polar surface area (TPSA) is 46.0 Å². The zero-order valence-corrected chi connectivity index (χ0v) is 11.0. The van der Waals surface area contributed by atoms with E-state index in [4.69, 9.17) is 4.42 Å². The molecule has 1 aromatic carbocycles. The summed E-state index contributed by atoms with van der Waals surface area (Å²) in [6.07, 6.45) is 4.07. The fourth-order valence-electron chi connectivity index (χ4n) is 2.39. The predicted octanol–water partition coefficient (Wildman–Crippen LogP) is 3.86. The maximum Gasteiger partial charge on any atom is 0.198 e. The van der Waals surface area contributed by atoms with Crippen LogP contribution in [0.2, 0.25) is 0 Å². The maximum atomic E-state index is 12.6. The van der Waals surface area contributed by atoms with E-state index in [2.05, 4.69) is 4.98 Å². The van der Waals surface area contributed by atoms with Crippen LogP contribution in [-0.4, -0.2) is 10.8 Å². The summed E-state index contributed by atoms with van der Waals surface area (Å²) in [4.78, 5) is 15.7. The van der Waals surface area contributed by atoms with Crippen molar-refractivity contribution in [1.82, 2.24) is 4.98 Å². The van der Waals surface area contributed by atoms with Gasteiger partial charge in [-0.3, -0.25) is 4.79 Å². The Morgan fingerprint density at radius 3 is 2.89 bits per heavy atom. The first-order valence-corrected chi connectivity index (χ1v) is 6.39. The van der Waals surface area contributed by atoms with Gasteiger partial charge in [-0.15, -0.1) is 0 Å². The van der Waals surface area contributed by atoms with Gasteiger partial charge in [0.15, 0.2) is 5.78 Å². The summed E-state index contributed by atoms with van der Waals surface area (Å²) in [6.45, 7) is 4.02. The highest BCUT2D eigenvalue weighted by Gasteiger charge is 2.18. The Hall–Kier alpha value is -2.29. The third kappa shape index (κ3) is 1.87. The van der Waals surface area contributed by atoms with Gasteiger partial charge in [0.2, 0.25) is 0 Å². The minimum Gasteiger partial charge on any atom is -0.469 e. The Bertz CT molecular complexity index is 749. The number of aromatic amines is 1. The van der Waals surface area contributed by atoms with E-state index in [0.717, 1.165) is 23.1 Å². The van der Waals surface area contributed by atoms with Crippen LogP contribution in [0.5, 0.6) is 0 Å². The molecule has 0 aliphatic heterocycles. The Morgan fingerprint density at radius 2 is 2.11 bits per heavy atom. The van der Waals surface area contributed by atoms with Crippen molar-refractivity contribution in [2.75, 3.05) is 0 Å². The lowest BCUT2D eigenvalue weighted by Gasteiger charge is -1.99. The lowest BCUT2D eigenvalue weighted by molar-refractivity contribution is 0.103. The fraction of sp³-hybridized carbons (Fsp3) is 0.188. The smallest absolute Gasteiger partial charge is 0.198 e. The maximum absolute atomic E-state index is 12.6. The van der Waals surface area contributed by atoms with Crippen LogP contribution in [-0.2, 0) is 6.42 Å². The number of hydrogen-bond donors (Lipinski definition) is 1. The molecule has 0 bridgehead atoms. The van der Waals surface area contributed by atoms with Crippen LogP contribution in [0.3, 0.4) is 0 Å². The molecule has 2 aromatic heterocycles. The van der Waals surface area contributed by atoms with Crippen molar-refractivity contribution in [3.63, 3.8) is 0 Å². The van der Waals surface area contributed by atoms with E-state index in [1.807, 2.05) is 32.0 Å². The number of furan rings is 1. The molecule has 96 valence electrons. The van der Waals surface area contributed by atoms with E-state index in [9.17, 15) is 4.79 Å². The zero-order chi connectivity index (χ0) is 13.4. The first-order valence-electron chi connectivity index (χ1n) is 6.39. The number of fused-ring (bicyclic) bond motifs is 1. The molecule has 3 nitrogen and oxygen atoms in total. The molecular weight excluding hydrogens is 238 g/mol. The molecule has 0 radical (unpaired) electrons. The van der Waals surface area contributed by atoms with Gasteiger partial charge in [-0.1, -0.05) is 19.1 Å². The van der Waals surface area contributed by atoms with E-state index in [1.165, 1.54) is 5.56 Å². The highest BCUT2D eigenvalue weighted by molar-refractivity contribution is 6.16. The average Bonchev–Trinajstić information content (AvgIpc) is 3.03. The summed E-state index contributed by atoms with van der Waals surface area (Å²) in [6, 6.07) is 7.79. The van der Waals surface area contributed by atoms with Gasteiger partial charge in [0.1, 0.15) is 5.76 Å². The summed E-state index contributed by atoms with van der Waals surface area (Å²) in [7, 11) is 0. The molecular formula is C16H15NO2. The van der Waals surface area contributed by atoms with Crippen molar-refractivity contribution in [2.45, 2.75) is 20.3 Å². The van der Waals surface area contributed by atoms with E-state index >= 15 is 0 Å². The summed E-state index contributed by atoms with van der Waals surface area (Å²) in [5.41, 5.74) is 3.52. The summed E-state index contributed by atoms with van der Waals surface area (Å²) < 4.78 is 5.33. The first-order chi connectivity index (χ1) is 9.20. The van der Waals surface area contributed by atoms with Gasteiger partial charge in [-0.25, -0.2) is 0 Å². The summed E-state index contributed by atoms with van der Waals surface area (Å²) in [5.74, 6) is 0.757. The number of ketones is 1. The van der Waals surface area contributed by atoms with E-state index in [1.54, 1.807) is 18.5 Å². The van der Waals surface area contributed by atoms with Crippen LogP contribution < -0.4 is 0 Å². The van der Waals surface area contributed by atoms with Crippen LogP contribution in [0.15, 0.2) is 41.1 Å². The van der Waals surface area contributed by atoms with Gasteiger partial charge < -0.3 is 9.40 Å². The molecule has 0 atom stereocenters. The Kier molecular flexibility index (Phi) is 2.75. The molecule has 3 rings (SSSR count). The molecule has 0 saturated heterocycles. The number of carbonyl (C=O) groups is 1. The second-order valence-corrected chi connectivity index (χ2v) is 4.69. The molecule has 3 heteroatoms. The second kappa shape index (κ2) is 4.43. The quantitative estimate of drug-likeness (QED) is 0.720. The molecule has 0 aliphatic rings. The lowest BCUT2D eigenvalue weighted by atomic mass is 10.0. The first kappa shape index (κ1) is 11.8. The van der Waals surface area contributed by atoms with Gasteiger partial charge in [0.05, 0.1) is 11.8 Å². The lowest BCUT2D eigenvalue weighted by Crippen LogP contribution is -2.01. The highest BCUT2D eigenvalue weighted by Crippen LogP contribution is 2.24. The van der Waals surface area contributed by atoms with Crippen LogP contribution in [0, 0.1) is 6.92 Å². The monoisotopic (exact) mass is 253 g/mol. The van der Waals surface area contributed by atoms with Crippen LogP contribution in [0.25, 0.3) is 10.9 Å². The van der Waals surface area contributed by atoms with E-state index in [0.29, 0.717) is 11.1 Å². The SMILES string of the molecule is CCc1occc1C(=O)c1c[nH]c2cc(C)ccc12. The van der Waals surface area contributed by atoms with Crippen LogP contribution >= 0.6 is 0 Å². The number of aromatic nitrogens is 1. The molecule has 0 spiro atoms. The second-order valence-electron chi connectivity index (χ2n) is 4.69. The summed E-state index contributed by atoms with van der Waals surface area (Å²) in [5, 5.41) is 0.957. The Balaban J connectivity index is 2.12. The third-order valence-electron chi connectivity index (χ3n) is 3.39. The van der Waals surface area contributed by atoms with Gasteiger partial charge in [-0.2, -0.15) is 0 Å². The van der Waals surface area contributed by atoms with Crippen molar-refractivity contribution >= 4 is 16.7 Å². The minimum atomic E-state index is 0.0145. The summed E-state index contributed by atoms with van der Waals surface area (Å²) >= 11 is 0. The van der Waals surface area contributed by atoms with Gasteiger partial charge >= 0.3 is 0 Å². The van der Waals surface area contributed by atoms with Gasteiger partial charge in [0.25, 0.3) is 0 Å². The van der Waals surface area contributed by atoms with E-state index in [-0.39, 0.29) is 5.78 Å². The molecule has 0 saturated carbocycles. The standard InChI is InChI=1S/C16H15NO2/c1-3-15-12(6-7-19-15)16(18)13-9-17-14-8-10(2)4-5-11(13)14/h4-9,17H,3H2,1-2H3.